The zero-order valence-electron chi connectivity index (χ0n) is 14.1. The van der Waals surface area contributed by atoms with Crippen molar-refractivity contribution in [2.24, 2.45) is 0 Å². The molecule has 6 nitrogen and oxygen atoms in total. The molecule has 0 saturated heterocycles. The van der Waals surface area contributed by atoms with E-state index in [4.69, 9.17) is 5.73 Å². The van der Waals surface area contributed by atoms with Gasteiger partial charge in [0.1, 0.15) is 0 Å². The lowest BCUT2D eigenvalue weighted by molar-refractivity contribution is -0.129. The molecule has 0 atom stereocenters. The maximum atomic E-state index is 12.4. The second-order valence-corrected chi connectivity index (χ2v) is 5.67. The van der Waals surface area contributed by atoms with Gasteiger partial charge in [0.2, 0.25) is 11.9 Å². The molecule has 0 saturated carbocycles. The number of rotatable bonds is 5. The van der Waals surface area contributed by atoms with Gasteiger partial charge in [-0.1, -0.05) is 13.0 Å². The van der Waals surface area contributed by atoms with Gasteiger partial charge < -0.3 is 10.6 Å². The van der Waals surface area contributed by atoms with E-state index in [1.807, 2.05) is 32.2 Å². The summed E-state index contributed by atoms with van der Waals surface area (Å²) in [6.45, 7) is 6.26. The molecule has 1 amide bonds. The van der Waals surface area contributed by atoms with E-state index in [1.54, 1.807) is 11.9 Å². The average Bonchev–Trinajstić information content (AvgIpc) is 2.51. The van der Waals surface area contributed by atoms with Crippen molar-refractivity contribution in [1.29, 1.82) is 0 Å². The van der Waals surface area contributed by atoms with Crippen LogP contribution < -0.4 is 5.73 Å². The molecule has 0 aliphatic rings. The highest BCUT2D eigenvalue weighted by Gasteiger charge is 2.15. The van der Waals surface area contributed by atoms with E-state index in [2.05, 4.69) is 21.9 Å². The first kappa shape index (κ1) is 16.9. The largest absolute Gasteiger partial charge is 0.368 e. The normalized spacial score (nSPS) is 10.6. The molecule has 0 radical (unpaired) electrons. The summed E-state index contributed by atoms with van der Waals surface area (Å²) < 4.78 is 0. The predicted octanol–water partition coefficient (Wildman–Crippen LogP) is 1.83. The molecular weight excluding hydrogens is 290 g/mol. The third-order valence-electron chi connectivity index (χ3n) is 3.89. The van der Waals surface area contributed by atoms with Crippen LogP contribution in [0.4, 0.5) is 5.95 Å². The molecule has 0 bridgehead atoms. The van der Waals surface area contributed by atoms with Crippen molar-refractivity contribution in [2.75, 3.05) is 12.8 Å². The second kappa shape index (κ2) is 7.17. The van der Waals surface area contributed by atoms with E-state index in [0.29, 0.717) is 6.54 Å². The number of carbonyl (C=O) groups is 1. The number of anilines is 1. The fraction of sp³-hybridized carbons (Fsp3) is 0.412. The predicted molar refractivity (Wildman–Crippen MR) is 89.7 cm³/mol. The van der Waals surface area contributed by atoms with Crippen molar-refractivity contribution >= 4 is 11.9 Å². The van der Waals surface area contributed by atoms with Crippen LogP contribution in [0.5, 0.6) is 0 Å². The molecule has 2 aromatic rings. The minimum absolute atomic E-state index is 0.00550. The van der Waals surface area contributed by atoms with Gasteiger partial charge in [-0.05, 0) is 31.9 Å². The highest BCUT2D eigenvalue weighted by Crippen LogP contribution is 2.13. The van der Waals surface area contributed by atoms with Gasteiger partial charge in [-0.15, -0.1) is 0 Å². The van der Waals surface area contributed by atoms with Crippen molar-refractivity contribution in [3.05, 3.63) is 46.5 Å². The van der Waals surface area contributed by atoms with Gasteiger partial charge in [-0.2, -0.15) is 0 Å². The van der Waals surface area contributed by atoms with Crippen molar-refractivity contribution in [1.82, 2.24) is 19.9 Å². The zero-order chi connectivity index (χ0) is 17.0. The number of hydrogen-bond donors (Lipinski definition) is 1. The first-order chi connectivity index (χ1) is 10.9. The Morgan fingerprint density at radius 2 is 1.87 bits per heavy atom. The van der Waals surface area contributed by atoms with Crippen LogP contribution in [-0.2, 0) is 24.2 Å². The van der Waals surface area contributed by atoms with Crippen LogP contribution >= 0.6 is 0 Å². The van der Waals surface area contributed by atoms with Gasteiger partial charge in [-0.25, -0.2) is 9.97 Å². The Morgan fingerprint density at radius 1 is 1.22 bits per heavy atom. The Labute approximate surface area is 136 Å². The van der Waals surface area contributed by atoms with Crippen LogP contribution in [0.1, 0.15) is 35.1 Å². The average molecular weight is 313 g/mol. The molecule has 122 valence electrons. The molecule has 2 heterocycles. The highest BCUT2D eigenvalue weighted by atomic mass is 16.2. The van der Waals surface area contributed by atoms with Gasteiger partial charge >= 0.3 is 0 Å². The summed E-state index contributed by atoms with van der Waals surface area (Å²) in [7, 11) is 1.78. The standard InChI is InChI=1S/C17H23N5O/c1-5-13-6-7-14(19-9-13)10-22(4)16(23)8-15-11(2)20-17(18)21-12(15)3/h6-7,9H,5,8,10H2,1-4H3,(H2,18,20,21). The SMILES string of the molecule is CCc1ccc(CN(C)C(=O)Cc2c(C)nc(N)nc2C)nc1. The van der Waals surface area contributed by atoms with Gasteiger partial charge in [0.25, 0.3) is 0 Å². The molecule has 0 spiro atoms. The fourth-order valence-corrected chi connectivity index (χ4v) is 2.40. The third kappa shape index (κ3) is 4.25. The lowest BCUT2D eigenvalue weighted by atomic mass is 10.1. The lowest BCUT2D eigenvalue weighted by Gasteiger charge is -2.18. The summed E-state index contributed by atoms with van der Waals surface area (Å²) in [6.07, 6.45) is 3.08. The number of hydrogen-bond acceptors (Lipinski definition) is 5. The van der Waals surface area contributed by atoms with Crippen molar-refractivity contribution in [2.45, 2.75) is 40.2 Å². The summed E-state index contributed by atoms with van der Waals surface area (Å²) in [6, 6.07) is 4.01. The van der Waals surface area contributed by atoms with E-state index < -0.39 is 0 Å². The van der Waals surface area contributed by atoms with Gasteiger partial charge in [-0.3, -0.25) is 9.78 Å². The Bertz CT molecular complexity index is 674. The number of carbonyl (C=O) groups excluding carboxylic acids is 1. The van der Waals surface area contributed by atoms with Crippen molar-refractivity contribution in [3.63, 3.8) is 0 Å². The molecule has 0 aliphatic carbocycles. The van der Waals surface area contributed by atoms with E-state index in [0.717, 1.165) is 29.1 Å². The number of nitrogen functional groups attached to an aromatic ring is 1. The summed E-state index contributed by atoms with van der Waals surface area (Å²) in [5, 5.41) is 0. The molecule has 0 fully saturated rings. The molecular formula is C17H23N5O. The topological polar surface area (TPSA) is 85.0 Å². The molecule has 23 heavy (non-hydrogen) atoms. The molecule has 2 aromatic heterocycles. The number of likely N-dealkylation sites (N-methyl/N-ethyl adjacent to an activating group) is 1. The fourth-order valence-electron chi connectivity index (χ4n) is 2.40. The Kier molecular flexibility index (Phi) is 5.26. The molecule has 2 rings (SSSR count). The van der Waals surface area contributed by atoms with E-state index in [1.165, 1.54) is 5.56 Å². The van der Waals surface area contributed by atoms with Gasteiger partial charge in [0, 0.05) is 30.2 Å². The minimum Gasteiger partial charge on any atom is -0.368 e. The summed E-state index contributed by atoms with van der Waals surface area (Å²) in [4.78, 5) is 26.8. The van der Waals surface area contributed by atoms with E-state index in [9.17, 15) is 4.79 Å². The van der Waals surface area contributed by atoms with Crippen LogP contribution in [0, 0.1) is 13.8 Å². The molecule has 0 aromatic carbocycles. The highest BCUT2D eigenvalue weighted by molar-refractivity contribution is 5.79. The molecule has 0 aliphatic heterocycles. The van der Waals surface area contributed by atoms with Crippen LogP contribution in [-0.4, -0.2) is 32.8 Å². The quantitative estimate of drug-likeness (QED) is 0.910. The van der Waals surface area contributed by atoms with Crippen LogP contribution in [0.3, 0.4) is 0 Å². The number of aryl methyl sites for hydroxylation is 3. The number of nitrogens with two attached hydrogens (primary N) is 1. The maximum absolute atomic E-state index is 12.4. The molecule has 0 unspecified atom stereocenters. The van der Waals surface area contributed by atoms with E-state index in [-0.39, 0.29) is 18.3 Å². The molecule has 2 N–H and O–H groups in total. The first-order valence-electron chi connectivity index (χ1n) is 7.68. The lowest BCUT2D eigenvalue weighted by Crippen LogP contribution is -2.29. The van der Waals surface area contributed by atoms with Crippen LogP contribution in [0.15, 0.2) is 18.3 Å². The van der Waals surface area contributed by atoms with E-state index >= 15 is 0 Å². The Hall–Kier alpha value is -2.50. The van der Waals surface area contributed by atoms with Crippen LogP contribution in [0.25, 0.3) is 0 Å². The van der Waals surface area contributed by atoms with Gasteiger partial charge in [0.15, 0.2) is 0 Å². The number of amides is 1. The van der Waals surface area contributed by atoms with Crippen LogP contribution in [0.2, 0.25) is 0 Å². The molecule has 6 heteroatoms. The minimum atomic E-state index is 0.00550. The number of aromatic nitrogens is 3. The Balaban J connectivity index is 2.05. The smallest absolute Gasteiger partial charge is 0.227 e. The summed E-state index contributed by atoms with van der Waals surface area (Å²) >= 11 is 0. The Morgan fingerprint density at radius 3 is 2.39 bits per heavy atom. The third-order valence-corrected chi connectivity index (χ3v) is 3.89. The number of nitrogens with zero attached hydrogens (tertiary/aromatic N) is 4. The second-order valence-electron chi connectivity index (χ2n) is 5.67. The van der Waals surface area contributed by atoms with Gasteiger partial charge in [0.05, 0.1) is 18.7 Å². The number of pyridine rings is 1. The van der Waals surface area contributed by atoms with Crippen molar-refractivity contribution in [3.8, 4) is 0 Å². The monoisotopic (exact) mass is 313 g/mol. The first-order valence-corrected chi connectivity index (χ1v) is 7.68. The summed E-state index contributed by atoms with van der Waals surface area (Å²) in [5.41, 5.74) is 10.0. The summed E-state index contributed by atoms with van der Waals surface area (Å²) in [5.74, 6) is 0.246. The zero-order valence-corrected chi connectivity index (χ0v) is 14.1. The maximum Gasteiger partial charge on any atom is 0.227 e. The van der Waals surface area contributed by atoms with Crippen molar-refractivity contribution < 1.29 is 4.79 Å².